The van der Waals surface area contributed by atoms with Gasteiger partial charge in [0.05, 0.1) is 16.7 Å². The molecule has 0 atom stereocenters. The Hall–Kier alpha value is -1.65. The highest BCUT2D eigenvalue weighted by Crippen LogP contribution is 2.25. The first-order chi connectivity index (χ1) is 10.1. The fourth-order valence-corrected chi connectivity index (χ4v) is 2.65. The van der Waals surface area contributed by atoms with E-state index in [2.05, 4.69) is 4.98 Å². The zero-order valence-corrected chi connectivity index (χ0v) is 12.3. The Morgan fingerprint density at radius 2 is 1.76 bits per heavy atom. The summed E-state index contributed by atoms with van der Waals surface area (Å²) in [4.78, 5) is 4.45. The summed E-state index contributed by atoms with van der Waals surface area (Å²) in [6, 6.07) is 8.54. The maximum absolute atomic E-state index is 13.5. The summed E-state index contributed by atoms with van der Waals surface area (Å²) >= 11 is 11.7. The second-order valence-electron chi connectivity index (χ2n) is 4.56. The zero-order valence-electron chi connectivity index (χ0n) is 10.8. The van der Waals surface area contributed by atoms with Crippen LogP contribution in [0.25, 0.3) is 16.7 Å². The fraction of sp³-hybridized carbons (Fsp3) is 0.133. The largest absolute Gasteiger partial charge is 0.296 e. The Morgan fingerprint density at radius 1 is 1.05 bits per heavy atom. The van der Waals surface area contributed by atoms with Crippen LogP contribution in [0.15, 0.2) is 36.4 Å². The molecule has 21 heavy (non-hydrogen) atoms. The number of aryl methyl sites for hydroxylation is 1. The first kappa shape index (κ1) is 14.3. The van der Waals surface area contributed by atoms with Crippen molar-refractivity contribution in [3.63, 3.8) is 0 Å². The van der Waals surface area contributed by atoms with Crippen LogP contribution in [0.2, 0.25) is 5.02 Å². The predicted molar refractivity (Wildman–Crippen MR) is 80.4 cm³/mol. The Labute approximate surface area is 129 Å². The van der Waals surface area contributed by atoms with E-state index < -0.39 is 11.6 Å². The third kappa shape index (κ3) is 2.74. The standard InChI is InChI=1S/C15H10Cl2F2N2/c16-4-3-15-20-13-5-9(17)1-2-14(13)21(15)12-7-10(18)6-11(19)8-12/h1-2,5-8H,3-4H2. The molecule has 0 aliphatic heterocycles. The fourth-order valence-electron chi connectivity index (χ4n) is 2.31. The lowest BCUT2D eigenvalue weighted by Crippen LogP contribution is -2.03. The van der Waals surface area contributed by atoms with Gasteiger partial charge in [-0.2, -0.15) is 0 Å². The predicted octanol–water partition coefficient (Wildman–Crippen LogP) is 4.74. The zero-order chi connectivity index (χ0) is 15.0. The Balaban J connectivity index is 2.30. The van der Waals surface area contributed by atoms with Crippen molar-refractivity contribution in [1.82, 2.24) is 9.55 Å². The summed E-state index contributed by atoms with van der Waals surface area (Å²) in [6.07, 6.45) is 0.478. The maximum atomic E-state index is 13.5. The molecule has 3 aromatic rings. The number of hydrogen-bond acceptors (Lipinski definition) is 1. The molecule has 0 radical (unpaired) electrons. The van der Waals surface area contributed by atoms with Gasteiger partial charge in [-0.05, 0) is 30.3 Å². The van der Waals surface area contributed by atoms with Crippen molar-refractivity contribution in [1.29, 1.82) is 0 Å². The van der Waals surface area contributed by atoms with Crippen LogP contribution >= 0.6 is 23.2 Å². The molecule has 0 N–H and O–H groups in total. The van der Waals surface area contributed by atoms with Gasteiger partial charge in [0.2, 0.25) is 0 Å². The molecule has 0 amide bonds. The van der Waals surface area contributed by atoms with Crippen molar-refractivity contribution in [3.8, 4) is 5.69 Å². The molecular formula is C15H10Cl2F2N2. The van der Waals surface area contributed by atoms with Gasteiger partial charge < -0.3 is 0 Å². The normalized spacial score (nSPS) is 11.2. The molecule has 1 aromatic heterocycles. The average Bonchev–Trinajstić information content (AvgIpc) is 2.75. The minimum absolute atomic E-state index is 0.356. The van der Waals surface area contributed by atoms with Gasteiger partial charge in [0, 0.05) is 23.4 Å². The molecule has 0 unspecified atom stereocenters. The molecule has 2 aromatic carbocycles. The van der Waals surface area contributed by atoms with Crippen LogP contribution in [0.5, 0.6) is 0 Å². The lowest BCUT2D eigenvalue weighted by molar-refractivity contribution is 0.581. The van der Waals surface area contributed by atoms with Crippen LogP contribution in [0.1, 0.15) is 5.82 Å². The van der Waals surface area contributed by atoms with Gasteiger partial charge in [-0.3, -0.25) is 4.57 Å². The second-order valence-corrected chi connectivity index (χ2v) is 5.38. The molecule has 3 rings (SSSR count). The third-order valence-corrected chi connectivity index (χ3v) is 3.53. The number of fused-ring (bicyclic) bond motifs is 1. The summed E-state index contributed by atoms with van der Waals surface area (Å²) in [5.41, 5.74) is 1.76. The Bertz CT molecular complexity index is 795. The molecule has 0 bridgehead atoms. The number of imidazole rings is 1. The van der Waals surface area contributed by atoms with Crippen molar-refractivity contribution < 1.29 is 8.78 Å². The van der Waals surface area contributed by atoms with Gasteiger partial charge in [0.15, 0.2) is 0 Å². The van der Waals surface area contributed by atoms with E-state index in [0.717, 1.165) is 11.6 Å². The average molecular weight is 327 g/mol. The lowest BCUT2D eigenvalue weighted by Gasteiger charge is -2.09. The molecule has 2 nitrogen and oxygen atoms in total. The van der Waals surface area contributed by atoms with Gasteiger partial charge in [-0.1, -0.05) is 11.6 Å². The molecule has 6 heteroatoms. The number of aromatic nitrogens is 2. The number of alkyl halides is 1. The summed E-state index contributed by atoms with van der Waals surface area (Å²) < 4.78 is 28.7. The minimum atomic E-state index is -0.641. The highest BCUT2D eigenvalue weighted by molar-refractivity contribution is 6.31. The van der Waals surface area contributed by atoms with Crippen molar-refractivity contribution in [3.05, 3.63) is 58.9 Å². The molecular weight excluding hydrogens is 317 g/mol. The smallest absolute Gasteiger partial charge is 0.128 e. The number of benzene rings is 2. The van der Waals surface area contributed by atoms with E-state index in [1.807, 2.05) is 0 Å². The van der Waals surface area contributed by atoms with Crippen molar-refractivity contribution in [2.24, 2.45) is 0 Å². The van der Waals surface area contributed by atoms with Gasteiger partial charge in [-0.15, -0.1) is 11.6 Å². The van der Waals surface area contributed by atoms with Gasteiger partial charge >= 0.3 is 0 Å². The SMILES string of the molecule is Fc1cc(F)cc(-n2c(CCCl)nc3cc(Cl)ccc32)c1. The monoisotopic (exact) mass is 326 g/mol. The van der Waals surface area contributed by atoms with Crippen LogP contribution in [0.4, 0.5) is 8.78 Å². The lowest BCUT2D eigenvalue weighted by atomic mass is 10.2. The molecule has 1 heterocycles. The molecule has 0 spiro atoms. The number of rotatable bonds is 3. The first-order valence-corrected chi connectivity index (χ1v) is 7.19. The third-order valence-electron chi connectivity index (χ3n) is 3.11. The Kier molecular flexibility index (Phi) is 3.83. The van der Waals surface area contributed by atoms with Gasteiger partial charge in [0.1, 0.15) is 17.5 Å². The number of hydrogen-bond donors (Lipinski definition) is 0. The van der Waals surface area contributed by atoms with E-state index >= 15 is 0 Å². The van der Waals surface area contributed by atoms with E-state index in [1.165, 1.54) is 12.1 Å². The van der Waals surface area contributed by atoms with Crippen LogP contribution in [0, 0.1) is 11.6 Å². The molecule has 0 aliphatic carbocycles. The molecule has 0 saturated carbocycles. The van der Waals surface area contributed by atoms with Crippen LogP contribution < -0.4 is 0 Å². The minimum Gasteiger partial charge on any atom is -0.296 e. The molecule has 0 fully saturated rings. The highest BCUT2D eigenvalue weighted by Gasteiger charge is 2.14. The summed E-state index contributed by atoms with van der Waals surface area (Å²) in [5, 5.41) is 0.551. The van der Waals surface area contributed by atoms with Crippen LogP contribution in [0.3, 0.4) is 0 Å². The topological polar surface area (TPSA) is 17.8 Å². The van der Waals surface area contributed by atoms with Crippen LogP contribution in [-0.2, 0) is 6.42 Å². The molecule has 0 saturated heterocycles. The van der Waals surface area contributed by atoms with E-state index in [-0.39, 0.29) is 0 Å². The van der Waals surface area contributed by atoms with Gasteiger partial charge in [-0.25, -0.2) is 13.8 Å². The number of halogens is 4. The number of nitrogens with zero attached hydrogens (tertiary/aromatic N) is 2. The molecule has 108 valence electrons. The Morgan fingerprint density at radius 3 is 2.43 bits per heavy atom. The first-order valence-electron chi connectivity index (χ1n) is 6.28. The van der Waals surface area contributed by atoms with Crippen molar-refractivity contribution in [2.45, 2.75) is 6.42 Å². The van der Waals surface area contributed by atoms with E-state index in [9.17, 15) is 8.78 Å². The van der Waals surface area contributed by atoms with Crippen molar-refractivity contribution >= 4 is 34.2 Å². The second kappa shape index (κ2) is 5.62. The summed E-state index contributed by atoms with van der Waals surface area (Å²) in [6.45, 7) is 0. The van der Waals surface area contributed by atoms with Crippen molar-refractivity contribution in [2.75, 3.05) is 5.88 Å². The van der Waals surface area contributed by atoms with Crippen LogP contribution in [-0.4, -0.2) is 15.4 Å². The summed E-state index contributed by atoms with van der Waals surface area (Å²) in [5.74, 6) is -0.294. The van der Waals surface area contributed by atoms with E-state index in [4.69, 9.17) is 23.2 Å². The molecule has 0 aliphatic rings. The van der Waals surface area contributed by atoms with E-state index in [0.29, 0.717) is 34.4 Å². The maximum Gasteiger partial charge on any atom is 0.128 e. The van der Waals surface area contributed by atoms with E-state index in [1.54, 1.807) is 22.8 Å². The quantitative estimate of drug-likeness (QED) is 0.636. The summed E-state index contributed by atoms with van der Waals surface area (Å²) in [7, 11) is 0. The van der Waals surface area contributed by atoms with Gasteiger partial charge in [0.25, 0.3) is 0 Å². The highest BCUT2D eigenvalue weighted by atomic mass is 35.5.